The van der Waals surface area contributed by atoms with Gasteiger partial charge in [-0.3, -0.25) is 9.69 Å². The molecule has 5 nitrogen and oxygen atoms in total. The number of rotatable bonds is 9. The van der Waals surface area contributed by atoms with Crippen LogP contribution in [0.1, 0.15) is 36.8 Å². The summed E-state index contributed by atoms with van der Waals surface area (Å²) in [7, 11) is 0. The average Bonchev–Trinajstić information content (AvgIpc) is 3.21. The lowest BCUT2D eigenvalue weighted by molar-refractivity contribution is -0.131. The highest BCUT2D eigenvalue weighted by atomic mass is 16.3. The monoisotopic (exact) mass is 421 g/mol. The third kappa shape index (κ3) is 5.28. The van der Waals surface area contributed by atoms with Crippen LogP contribution in [-0.2, 0) is 17.8 Å². The fraction of sp³-hybridized carbons (Fsp3) is 0.500. The number of aryl methyl sites for hydroxylation is 1. The highest BCUT2D eigenvalue weighted by Gasteiger charge is 2.43. The Morgan fingerprint density at radius 1 is 1.06 bits per heavy atom. The number of hydrogen-bond donors (Lipinski definition) is 2. The summed E-state index contributed by atoms with van der Waals surface area (Å²) in [4.78, 5) is 17.9. The Hall–Kier alpha value is -2.37. The van der Waals surface area contributed by atoms with E-state index in [0.717, 1.165) is 45.4 Å². The minimum atomic E-state index is -0.471. The maximum Gasteiger partial charge on any atom is 0.227 e. The van der Waals surface area contributed by atoms with Crippen LogP contribution >= 0.6 is 0 Å². The molecule has 0 bridgehead atoms. The number of likely N-dealkylation sites (tertiary alicyclic amines) is 1. The molecule has 5 heteroatoms. The molecule has 2 aromatic carbocycles. The second kappa shape index (κ2) is 10.3. The molecular formula is C26H35N3O2. The van der Waals surface area contributed by atoms with E-state index in [1.54, 1.807) is 0 Å². The molecular weight excluding hydrogens is 386 g/mol. The number of benzene rings is 2. The summed E-state index contributed by atoms with van der Waals surface area (Å²) < 4.78 is 0. The zero-order valence-electron chi connectivity index (χ0n) is 18.4. The molecule has 0 aromatic heterocycles. The fourth-order valence-electron chi connectivity index (χ4n) is 5.15. The first kappa shape index (κ1) is 21.8. The molecule has 2 N–H and O–H groups in total. The molecule has 1 fully saturated rings. The van der Waals surface area contributed by atoms with Gasteiger partial charge in [0, 0.05) is 45.0 Å². The smallest absolute Gasteiger partial charge is 0.227 e. The summed E-state index contributed by atoms with van der Waals surface area (Å²) in [6, 6.07) is 19.1. The second-order valence-electron chi connectivity index (χ2n) is 9.03. The van der Waals surface area contributed by atoms with E-state index in [1.807, 2.05) is 6.07 Å². The Morgan fingerprint density at radius 3 is 2.71 bits per heavy atom. The van der Waals surface area contributed by atoms with Crippen molar-refractivity contribution in [1.82, 2.24) is 10.2 Å². The quantitative estimate of drug-likeness (QED) is 0.611. The number of para-hydroxylation sites is 1. The molecule has 1 amide bonds. The normalized spacial score (nSPS) is 21.1. The minimum Gasteiger partial charge on any atom is -0.396 e. The molecule has 2 aliphatic heterocycles. The van der Waals surface area contributed by atoms with Crippen LogP contribution in [0.3, 0.4) is 0 Å². The van der Waals surface area contributed by atoms with E-state index in [0.29, 0.717) is 19.5 Å². The van der Waals surface area contributed by atoms with Gasteiger partial charge in [0.1, 0.15) is 0 Å². The van der Waals surface area contributed by atoms with Crippen molar-refractivity contribution in [1.29, 1.82) is 0 Å². The summed E-state index contributed by atoms with van der Waals surface area (Å²) in [5.74, 6) is 0.108. The summed E-state index contributed by atoms with van der Waals surface area (Å²) in [5, 5.41) is 12.8. The molecule has 0 aliphatic carbocycles. The molecule has 1 saturated heterocycles. The molecule has 0 spiro atoms. The molecule has 0 radical (unpaired) electrons. The maximum atomic E-state index is 13.1. The van der Waals surface area contributed by atoms with Gasteiger partial charge >= 0.3 is 0 Å². The number of nitrogens with zero attached hydrogens (tertiary/aromatic N) is 2. The van der Waals surface area contributed by atoms with E-state index in [1.165, 1.54) is 23.2 Å². The number of anilines is 1. The maximum absolute atomic E-state index is 13.1. The number of amides is 1. The Balaban J connectivity index is 1.27. The Kier molecular flexibility index (Phi) is 7.25. The molecule has 2 aliphatic rings. The van der Waals surface area contributed by atoms with Crippen molar-refractivity contribution < 1.29 is 9.90 Å². The third-order valence-electron chi connectivity index (χ3n) is 6.85. The van der Waals surface area contributed by atoms with E-state index in [9.17, 15) is 9.90 Å². The van der Waals surface area contributed by atoms with Crippen molar-refractivity contribution in [3.05, 3.63) is 65.7 Å². The highest BCUT2D eigenvalue weighted by Crippen LogP contribution is 2.35. The van der Waals surface area contributed by atoms with Crippen LogP contribution in [0.2, 0.25) is 0 Å². The molecule has 2 aromatic rings. The third-order valence-corrected chi connectivity index (χ3v) is 6.85. The first-order chi connectivity index (χ1) is 15.2. The van der Waals surface area contributed by atoms with Gasteiger partial charge in [-0.05, 0) is 55.8 Å². The number of carbonyl (C=O) groups is 1. The van der Waals surface area contributed by atoms with Crippen LogP contribution in [0, 0.1) is 5.41 Å². The lowest BCUT2D eigenvalue weighted by atomic mass is 9.82. The first-order valence-electron chi connectivity index (χ1n) is 11.7. The van der Waals surface area contributed by atoms with E-state index in [-0.39, 0.29) is 12.5 Å². The standard InChI is InChI=1S/C26H35N3O2/c30-19-14-26(13-18-28(21-26)20-22-8-2-1-3-9-22)25(31)27-15-7-17-29-16-6-11-23-10-4-5-12-24(23)29/h1-5,8-10,12,30H,6-7,11,13-21H2,(H,27,31). The number of carbonyl (C=O) groups excluding carboxylic acids is 1. The van der Waals surface area contributed by atoms with Crippen molar-refractivity contribution in [2.75, 3.05) is 44.2 Å². The number of aliphatic hydroxyl groups is 1. The van der Waals surface area contributed by atoms with Crippen LogP contribution < -0.4 is 10.2 Å². The van der Waals surface area contributed by atoms with Crippen LogP contribution in [0.15, 0.2) is 54.6 Å². The predicted octanol–water partition coefficient (Wildman–Crippen LogP) is 3.22. The van der Waals surface area contributed by atoms with E-state index in [2.05, 4.69) is 63.6 Å². The summed E-state index contributed by atoms with van der Waals surface area (Å²) in [5.41, 5.74) is 3.58. The van der Waals surface area contributed by atoms with E-state index >= 15 is 0 Å². The van der Waals surface area contributed by atoms with E-state index in [4.69, 9.17) is 0 Å². The summed E-state index contributed by atoms with van der Waals surface area (Å²) in [6.45, 7) is 5.26. The lowest BCUT2D eigenvalue weighted by Crippen LogP contribution is -2.44. The lowest BCUT2D eigenvalue weighted by Gasteiger charge is -2.32. The zero-order valence-corrected chi connectivity index (χ0v) is 18.4. The van der Waals surface area contributed by atoms with Crippen molar-refractivity contribution in [2.45, 2.75) is 38.6 Å². The van der Waals surface area contributed by atoms with Gasteiger partial charge < -0.3 is 15.3 Å². The highest BCUT2D eigenvalue weighted by molar-refractivity contribution is 5.83. The van der Waals surface area contributed by atoms with Crippen LogP contribution in [0.25, 0.3) is 0 Å². The van der Waals surface area contributed by atoms with Gasteiger partial charge in [0.25, 0.3) is 0 Å². The van der Waals surface area contributed by atoms with Crippen molar-refractivity contribution in [3.63, 3.8) is 0 Å². The first-order valence-corrected chi connectivity index (χ1v) is 11.7. The van der Waals surface area contributed by atoms with Gasteiger partial charge in [-0.15, -0.1) is 0 Å². The number of nitrogens with one attached hydrogen (secondary N) is 1. The molecule has 1 atom stereocenters. The topological polar surface area (TPSA) is 55.8 Å². The van der Waals surface area contributed by atoms with Gasteiger partial charge in [0.05, 0.1) is 5.41 Å². The number of fused-ring (bicyclic) bond motifs is 1. The molecule has 31 heavy (non-hydrogen) atoms. The average molecular weight is 422 g/mol. The molecule has 4 rings (SSSR count). The number of hydrogen-bond acceptors (Lipinski definition) is 4. The van der Waals surface area contributed by atoms with Crippen LogP contribution in [-0.4, -0.2) is 55.2 Å². The summed E-state index contributed by atoms with van der Waals surface area (Å²) >= 11 is 0. The molecule has 2 heterocycles. The Morgan fingerprint density at radius 2 is 1.87 bits per heavy atom. The fourth-order valence-corrected chi connectivity index (χ4v) is 5.15. The van der Waals surface area contributed by atoms with Crippen LogP contribution in [0.5, 0.6) is 0 Å². The summed E-state index contributed by atoms with van der Waals surface area (Å²) in [6.07, 6.45) is 4.63. The Bertz CT molecular complexity index is 857. The molecule has 0 saturated carbocycles. The van der Waals surface area contributed by atoms with Crippen LogP contribution in [0.4, 0.5) is 5.69 Å². The molecule has 1 unspecified atom stereocenters. The predicted molar refractivity (Wildman–Crippen MR) is 125 cm³/mol. The van der Waals surface area contributed by atoms with Gasteiger partial charge in [-0.25, -0.2) is 0 Å². The van der Waals surface area contributed by atoms with E-state index < -0.39 is 5.41 Å². The zero-order chi connectivity index (χ0) is 21.5. The second-order valence-corrected chi connectivity index (χ2v) is 9.03. The largest absolute Gasteiger partial charge is 0.396 e. The van der Waals surface area contributed by atoms with Gasteiger partial charge in [-0.1, -0.05) is 48.5 Å². The minimum absolute atomic E-state index is 0.0527. The van der Waals surface area contributed by atoms with Crippen molar-refractivity contribution in [3.8, 4) is 0 Å². The van der Waals surface area contributed by atoms with Crippen molar-refractivity contribution in [2.24, 2.45) is 5.41 Å². The Labute approximate surface area is 186 Å². The number of aliphatic hydroxyl groups excluding tert-OH is 1. The van der Waals surface area contributed by atoms with Gasteiger partial charge in [-0.2, -0.15) is 0 Å². The van der Waals surface area contributed by atoms with Gasteiger partial charge in [0.2, 0.25) is 5.91 Å². The molecule has 166 valence electrons. The van der Waals surface area contributed by atoms with Crippen molar-refractivity contribution >= 4 is 11.6 Å². The SMILES string of the molecule is O=C(NCCCN1CCCc2ccccc21)C1(CCO)CCN(Cc2ccccc2)C1. The van der Waals surface area contributed by atoms with Gasteiger partial charge in [0.15, 0.2) is 0 Å².